The molecule has 0 bridgehead atoms. The molecule has 0 fully saturated rings. The number of aryl methyl sites for hydroxylation is 2. The van der Waals surface area contributed by atoms with E-state index >= 15 is 0 Å². The minimum absolute atomic E-state index is 0.0442. The SMILES string of the molecule is CCc1cc(CC(NN)c2ccc(Br)cc2Cl)n(CC)n1. The molecule has 21 heavy (non-hydrogen) atoms. The van der Waals surface area contributed by atoms with E-state index in [1.807, 2.05) is 22.9 Å². The molecule has 4 nitrogen and oxygen atoms in total. The Morgan fingerprint density at radius 1 is 1.38 bits per heavy atom. The highest BCUT2D eigenvalue weighted by Gasteiger charge is 2.17. The van der Waals surface area contributed by atoms with E-state index in [0.717, 1.165) is 40.8 Å². The van der Waals surface area contributed by atoms with Crippen LogP contribution in [-0.4, -0.2) is 9.78 Å². The van der Waals surface area contributed by atoms with Crippen LogP contribution in [-0.2, 0) is 19.4 Å². The number of nitrogens with one attached hydrogen (secondary N) is 1. The number of hydrogen-bond donors (Lipinski definition) is 2. The zero-order chi connectivity index (χ0) is 15.4. The van der Waals surface area contributed by atoms with Crippen LogP contribution in [0.4, 0.5) is 0 Å². The van der Waals surface area contributed by atoms with Gasteiger partial charge in [0.15, 0.2) is 0 Å². The van der Waals surface area contributed by atoms with Crippen molar-refractivity contribution in [2.75, 3.05) is 0 Å². The van der Waals surface area contributed by atoms with Crippen molar-refractivity contribution < 1.29 is 0 Å². The lowest BCUT2D eigenvalue weighted by molar-refractivity contribution is 0.516. The van der Waals surface area contributed by atoms with Crippen molar-refractivity contribution in [1.82, 2.24) is 15.2 Å². The summed E-state index contributed by atoms with van der Waals surface area (Å²) < 4.78 is 2.98. The van der Waals surface area contributed by atoms with E-state index in [1.54, 1.807) is 0 Å². The molecule has 1 aromatic heterocycles. The summed E-state index contributed by atoms with van der Waals surface area (Å²) in [6.45, 7) is 5.05. The Kier molecular flexibility index (Phi) is 5.81. The number of rotatable bonds is 6. The molecule has 0 aliphatic carbocycles. The first-order valence-corrected chi connectivity index (χ1v) is 8.22. The second-order valence-electron chi connectivity index (χ2n) is 4.89. The van der Waals surface area contributed by atoms with Gasteiger partial charge < -0.3 is 0 Å². The smallest absolute Gasteiger partial charge is 0.0624 e. The van der Waals surface area contributed by atoms with E-state index in [0.29, 0.717) is 5.02 Å². The lowest BCUT2D eigenvalue weighted by Crippen LogP contribution is -2.30. The first-order valence-electron chi connectivity index (χ1n) is 7.05. The van der Waals surface area contributed by atoms with Gasteiger partial charge in [0.2, 0.25) is 0 Å². The van der Waals surface area contributed by atoms with Gasteiger partial charge in [-0.1, -0.05) is 40.5 Å². The van der Waals surface area contributed by atoms with Gasteiger partial charge in [-0.3, -0.25) is 16.0 Å². The summed E-state index contributed by atoms with van der Waals surface area (Å²) in [5.74, 6) is 5.74. The van der Waals surface area contributed by atoms with E-state index in [4.69, 9.17) is 17.4 Å². The fourth-order valence-electron chi connectivity index (χ4n) is 2.38. The lowest BCUT2D eigenvalue weighted by atomic mass is 10.0. The summed E-state index contributed by atoms with van der Waals surface area (Å²) in [5.41, 5.74) is 6.12. The highest BCUT2D eigenvalue weighted by Crippen LogP contribution is 2.28. The van der Waals surface area contributed by atoms with Crippen LogP contribution >= 0.6 is 27.5 Å². The average molecular weight is 372 g/mol. The molecule has 1 unspecified atom stereocenters. The monoisotopic (exact) mass is 370 g/mol. The second kappa shape index (κ2) is 7.40. The number of aromatic nitrogens is 2. The molecule has 2 aromatic rings. The Morgan fingerprint density at radius 2 is 2.14 bits per heavy atom. The Bertz CT molecular complexity index is 612. The Hall–Kier alpha value is -0.880. The fraction of sp³-hybridized carbons (Fsp3) is 0.400. The van der Waals surface area contributed by atoms with Gasteiger partial charge in [-0.25, -0.2) is 0 Å². The van der Waals surface area contributed by atoms with Gasteiger partial charge in [-0.15, -0.1) is 0 Å². The van der Waals surface area contributed by atoms with Crippen molar-refractivity contribution in [2.45, 2.75) is 39.3 Å². The van der Waals surface area contributed by atoms with Crippen LogP contribution in [0.15, 0.2) is 28.7 Å². The lowest BCUT2D eigenvalue weighted by Gasteiger charge is -2.18. The highest BCUT2D eigenvalue weighted by molar-refractivity contribution is 9.10. The van der Waals surface area contributed by atoms with Crippen LogP contribution in [0.1, 0.15) is 36.8 Å². The molecule has 0 spiro atoms. The van der Waals surface area contributed by atoms with Gasteiger partial charge in [0.25, 0.3) is 0 Å². The summed E-state index contributed by atoms with van der Waals surface area (Å²) in [6, 6.07) is 7.94. The number of benzene rings is 1. The minimum atomic E-state index is -0.0442. The molecule has 1 aromatic carbocycles. The van der Waals surface area contributed by atoms with Gasteiger partial charge >= 0.3 is 0 Å². The third kappa shape index (κ3) is 3.86. The summed E-state index contributed by atoms with van der Waals surface area (Å²) in [4.78, 5) is 0. The summed E-state index contributed by atoms with van der Waals surface area (Å²) >= 11 is 9.75. The molecule has 1 heterocycles. The molecule has 0 radical (unpaired) electrons. The number of halogens is 2. The Morgan fingerprint density at radius 3 is 2.71 bits per heavy atom. The van der Waals surface area contributed by atoms with Gasteiger partial charge in [-0.05, 0) is 37.1 Å². The van der Waals surface area contributed by atoms with Crippen LogP contribution in [0, 0.1) is 0 Å². The molecule has 0 aliphatic rings. The van der Waals surface area contributed by atoms with Gasteiger partial charge in [0, 0.05) is 28.2 Å². The topological polar surface area (TPSA) is 55.9 Å². The minimum Gasteiger partial charge on any atom is -0.271 e. The van der Waals surface area contributed by atoms with E-state index in [-0.39, 0.29) is 6.04 Å². The molecule has 114 valence electrons. The van der Waals surface area contributed by atoms with Crippen molar-refractivity contribution in [3.8, 4) is 0 Å². The normalized spacial score (nSPS) is 12.6. The predicted molar refractivity (Wildman–Crippen MR) is 90.2 cm³/mol. The predicted octanol–water partition coefficient (Wildman–Crippen LogP) is 3.63. The number of nitrogens with two attached hydrogens (primary N) is 1. The first kappa shape index (κ1) is 16.5. The average Bonchev–Trinajstić information content (AvgIpc) is 2.87. The van der Waals surface area contributed by atoms with Crippen LogP contribution in [0.3, 0.4) is 0 Å². The maximum absolute atomic E-state index is 6.33. The molecule has 0 aliphatic heterocycles. The van der Waals surface area contributed by atoms with E-state index in [1.165, 1.54) is 0 Å². The largest absolute Gasteiger partial charge is 0.271 e. The first-order chi connectivity index (χ1) is 10.1. The quantitative estimate of drug-likeness (QED) is 0.602. The van der Waals surface area contributed by atoms with Crippen molar-refractivity contribution in [2.24, 2.45) is 5.84 Å². The van der Waals surface area contributed by atoms with Crippen molar-refractivity contribution >= 4 is 27.5 Å². The standard InChI is InChI=1S/C15H20BrClN4/c1-3-11-8-12(21(4-2)20-11)9-15(19-18)13-6-5-10(16)7-14(13)17/h5-8,15,19H,3-4,9,18H2,1-2H3. The summed E-state index contributed by atoms with van der Waals surface area (Å²) in [7, 11) is 0. The van der Waals surface area contributed by atoms with E-state index < -0.39 is 0 Å². The number of nitrogens with zero attached hydrogens (tertiary/aromatic N) is 2. The van der Waals surface area contributed by atoms with Crippen LogP contribution in [0.25, 0.3) is 0 Å². The van der Waals surface area contributed by atoms with Crippen molar-refractivity contribution in [1.29, 1.82) is 0 Å². The van der Waals surface area contributed by atoms with Crippen LogP contribution < -0.4 is 11.3 Å². The van der Waals surface area contributed by atoms with Crippen LogP contribution in [0.5, 0.6) is 0 Å². The van der Waals surface area contributed by atoms with Gasteiger partial charge in [0.1, 0.15) is 0 Å². The number of hydrazine groups is 1. The molecule has 0 saturated carbocycles. The molecule has 2 rings (SSSR count). The highest BCUT2D eigenvalue weighted by atomic mass is 79.9. The molecule has 6 heteroatoms. The van der Waals surface area contributed by atoms with E-state index in [2.05, 4.69) is 46.4 Å². The molecular formula is C15H20BrClN4. The van der Waals surface area contributed by atoms with Crippen molar-refractivity contribution in [3.63, 3.8) is 0 Å². The Labute approximate surface area is 138 Å². The summed E-state index contributed by atoms with van der Waals surface area (Å²) in [6.07, 6.45) is 1.68. The van der Waals surface area contributed by atoms with Gasteiger partial charge in [0.05, 0.1) is 11.7 Å². The van der Waals surface area contributed by atoms with E-state index in [9.17, 15) is 0 Å². The zero-order valence-electron chi connectivity index (χ0n) is 12.2. The maximum atomic E-state index is 6.33. The van der Waals surface area contributed by atoms with Gasteiger partial charge in [-0.2, -0.15) is 5.10 Å². The molecule has 0 saturated heterocycles. The molecular weight excluding hydrogens is 352 g/mol. The van der Waals surface area contributed by atoms with Crippen LogP contribution in [0.2, 0.25) is 5.02 Å². The zero-order valence-corrected chi connectivity index (χ0v) is 14.6. The third-order valence-electron chi connectivity index (χ3n) is 3.53. The fourth-order valence-corrected chi connectivity index (χ4v) is 3.18. The maximum Gasteiger partial charge on any atom is 0.0624 e. The number of hydrogen-bond acceptors (Lipinski definition) is 3. The molecule has 0 amide bonds. The Balaban J connectivity index is 2.28. The molecule has 3 N–H and O–H groups in total. The van der Waals surface area contributed by atoms with Crippen molar-refractivity contribution in [3.05, 3.63) is 50.7 Å². The second-order valence-corrected chi connectivity index (χ2v) is 6.21. The third-order valence-corrected chi connectivity index (χ3v) is 4.35. The summed E-state index contributed by atoms with van der Waals surface area (Å²) in [5, 5.41) is 5.27. The molecule has 1 atom stereocenters.